The number of rotatable bonds is 0. The van der Waals surface area contributed by atoms with Gasteiger partial charge in [-0.2, -0.15) is 0 Å². The molecule has 3 aromatic rings. The van der Waals surface area contributed by atoms with Crippen LogP contribution >= 0.6 is 18.8 Å². The van der Waals surface area contributed by atoms with E-state index in [4.69, 9.17) is 18.8 Å². The average molecular weight is 503 g/mol. The molecule has 0 fully saturated rings. The van der Waals surface area contributed by atoms with Gasteiger partial charge in [0.2, 0.25) is 0 Å². The van der Waals surface area contributed by atoms with Crippen LogP contribution in [0.5, 0.6) is 0 Å². The maximum Gasteiger partial charge on any atom is 0.0267 e. The second-order valence-corrected chi connectivity index (χ2v) is 6.40. The van der Waals surface area contributed by atoms with Crippen LogP contribution in [0.4, 0.5) is 0 Å². The Morgan fingerprint density at radius 1 is 0.429 bits per heavy atom. The summed E-state index contributed by atoms with van der Waals surface area (Å²) in [6.45, 7) is 0. The van der Waals surface area contributed by atoms with E-state index >= 15 is 0 Å². The van der Waals surface area contributed by atoms with Crippen molar-refractivity contribution < 1.29 is 16.5 Å². The van der Waals surface area contributed by atoms with Gasteiger partial charge in [-0.05, 0) is 36.4 Å². The van der Waals surface area contributed by atoms with Gasteiger partial charge in [-0.3, -0.25) is 15.0 Å². The molecule has 0 N–H and O–H groups in total. The second-order valence-electron chi connectivity index (χ2n) is 3.12. The summed E-state index contributed by atoms with van der Waals surface area (Å²) < 4.78 is 0. The van der Waals surface area contributed by atoms with Crippen molar-refractivity contribution in [1.29, 1.82) is 0 Å². The molecular formula is C15H15Cl2N3Pt. The Bertz CT molecular complexity index is 332. The molecule has 0 atom stereocenters. The van der Waals surface area contributed by atoms with E-state index in [1.54, 1.807) is 37.2 Å². The molecule has 3 nitrogen and oxygen atoms in total. The van der Waals surface area contributed by atoms with Gasteiger partial charge in [0.15, 0.2) is 0 Å². The summed E-state index contributed by atoms with van der Waals surface area (Å²) in [6, 6.07) is 17.1. The summed E-state index contributed by atoms with van der Waals surface area (Å²) in [5.41, 5.74) is 0. The zero-order chi connectivity index (χ0) is 15.4. The Morgan fingerprint density at radius 2 is 0.619 bits per heavy atom. The van der Waals surface area contributed by atoms with Crippen LogP contribution in [0.15, 0.2) is 91.8 Å². The monoisotopic (exact) mass is 502 g/mol. The van der Waals surface area contributed by atoms with Crippen LogP contribution < -0.4 is 0 Å². The molecule has 0 radical (unpaired) electrons. The van der Waals surface area contributed by atoms with E-state index in [2.05, 4.69) is 15.0 Å². The predicted octanol–water partition coefficient (Wildman–Crippen LogP) is 4.62. The normalized spacial score (nSPS) is 7.90. The number of nitrogens with zero attached hydrogens (tertiary/aromatic N) is 3. The average Bonchev–Trinajstić information content (AvgIpc) is 2.61. The Kier molecular flexibility index (Phi) is 17.6. The van der Waals surface area contributed by atoms with Crippen molar-refractivity contribution in [3.8, 4) is 0 Å². The van der Waals surface area contributed by atoms with Gasteiger partial charge < -0.3 is 0 Å². The molecule has 0 saturated heterocycles. The zero-order valence-electron chi connectivity index (χ0n) is 11.1. The molecule has 0 aromatic carbocycles. The minimum atomic E-state index is -0.472. The van der Waals surface area contributed by atoms with Gasteiger partial charge in [-0.15, -0.1) is 0 Å². The SMILES string of the molecule is [Cl][Pt][Cl].c1ccncc1.c1ccncc1.c1ccncc1. The van der Waals surface area contributed by atoms with Gasteiger partial charge in [0.25, 0.3) is 0 Å². The Balaban J connectivity index is 0.000000262. The largest absolute Gasteiger partial charge is 0.265 e. The molecule has 0 bridgehead atoms. The maximum atomic E-state index is 4.88. The summed E-state index contributed by atoms with van der Waals surface area (Å²) in [7, 11) is 9.75. The third kappa shape index (κ3) is 18.7. The van der Waals surface area contributed by atoms with Crippen LogP contribution in [0.25, 0.3) is 0 Å². The first-order chi connectivity index (χ1) is 10.4. The summed E-state index contributed by atoms with van der Waals surface area (Å²) in [4.78, 5) is 11.4. The summed E-state index contributed by atoms with van der Waals surface area (Å²) in [5, 5.41) is 0. The molecule has 0 aliphatic heterocycles. The summed E-state index contributed by atoms with van der Waals surface area (Å²) in [6.07, 6.45) is 10.5. The Morgan fingerprint density at radius 3 is 0.667 bits per heavy atom. The molecule has 3 heterocycles. The summed E-state index contributed by atoms with van der Waals surface area (Å²) in [5.74, 6) is 0. The van der Waals surface area contributed by atoms with Gasteiger partial charge in [0, 0.05) is 37.2 Å². The molecule has 114 valence electrons. The smallest absolute Gasteiger partial charge is 0.0267 e. The molecule has 0 unspecified atom stereocenters. The fourth-order valence-corrected chi connectivity index (χ4v) is 0.938. The van der Waals surface area contributed by atoms with Gasteiger partial charge in [0.1, 0.15) is 0 Å². The second kappa shape index (κ2) is 18.7. The van der Waals surface area contributed by atoms with Crippen molar-refractivity contribution in [2.75, 3.05) is 0 Å². The van der Waals surface area contributed by atoms with E-state index in [0.29, 0.717) is 0 Å². The predicted molar refractivity (Wildman–Crippen MR) is 84.4 cm³/mol. The number of hydrogen-bond acceptors (Lipinski definition) is 3. The van der Waals surface area contributed by atoms with Crippen LogP contribution in [0, 0.1) is 0 Å². The topological polar surface area (TPSA) is 38.7 Å². The molecule has 0 amide bonds. The van der Waals surface area contributed by atoms with Gasteiger partial charge >= 0.3 is 35.3 Å². The van der Waals surface area contributed by atoms with Gasteiger partial charge in [-0.25, -0.2) is 0 Å². The number of pyridine rings is 3. The van der Waals surface area contributed by atoms with Gasteiger partial charge in [-0.1, -0.05) is 18.2 Å². The number of halogens is 2. The van der Waals surface area contributed by atoms with Crippen molar-refractivity contribution in [2.24, 2.45) is 0 Å². The van der Waals surface area contributed by atoms with E-state index in [1.807, 2.05) is 54.6 Å². The first-order valence-electron chi connectivity index (χ1n) is 5.79. The van der Waals surface area contributed by atoms with Crippen molar-refractivity contribution in [1.82, 2.24) is 15.0 Å². The van der Waals surface area contributed by atoms with Crippen molar-refractivity contribution in [3.05, 3.63) is 91.8 Å². The maximum absolute atomic E-state index is 4.88. The molecule has 3 aromatic heterocycles. The van der Waals surface area contributed by atoms with Crippen LogP contribution in [-0.2, 0) is 16.5 Å². The van der Waals surface area contributed by atoms with E-state index in [-0.39, 0.29) is 0 Å². The van der Waals surface area contributed by atoms with E-state index in [9.17, 15) is 0 Å². The molecule has 0 aliphatic carbocycles. The summed E-state index contributed by atoms with van der Waals surface area (Å²) >= 11 is -0.472. The molecule has 0 aliphatic rings. The molecule has 6 heteroatoms. The standard InChI is InChI=1S/3C5H5N.2ClH.Pt/c3*1-2-4-6-5-3-1;;;/h3*1-5H;2*1H;/q;;;;;+2/p-2. The van der Waals surface area contributed by atoms with Gasteiger partial charge in [0.05, 0.1) is 0 Å². The Labute approximate surface area is 141 Å². The minimum Gasteiger partial charge on any atom is -0.265 e. The Hall–Kier alpha value is -1.28. The van der Waals surface area contributed by atoms with E-state index in [0.717, 1.165) is 0 Å². The first kappa shape index (κ1) is 19.7. The fourth-order valence-electron chi connectivity index (χ4n) is 0.938. The third-order valence-corrected chi connectivity index (χ3v) is 1.70. The number of aromatic nitrogens is 3. The third-order valence-electron chi connectivity index (χ3n) is 1.70. The molecular weight excluding hydrogens is 488 g/mol. The van der Waals surface area contributed by atoms with E-state index < -0.39 is 16.5 Å². The van der Waals surface area contributed by atoms with Crippen LogP contribution in [-0.4, -0.2) is 15.0 Å². The van der Waals surface area contributed by atoms with E-state index in [1.165, 1.54) is 0 Å². The molecule has 0 saturated carbocycles. The molecule has 3 rings (SSSR count). The first-order valence-corrected chi connectivity index (χ1v) is 11.4. The zero-order valence-corrected chi connectivity index (χ0v) is 14.9. The fraction of sp³-hybridized carbons (Fsp3) is 0. The van der Waals surface area contributed by atoms with Crippen molar-refractivity contribution in [3.63, 3.8) is 0 Å². The van der Waals surface area contributed by atoms with Crippen LogP contribution in [0.1, 0.15) is 0 Å². The van der Waals surface area contributed by atoms with Crippen LogP contribution in [0.2, 0.25) is 0 Å². The quantitative estimate of drug-likeness (QED) is 0.450. The van der Waals surface area contributed by atoms with Crippen LogP contribution in [0.3, 0.4) is 0 Å². The minimum absolute atomic E-state index is 0.472. The molecule has 0 spiro atoms. The number of hydrogen-bond donors (Lipinski definition) is 0. The van der Waals surface area contributed by atoms with Crippen molar-refractivity contribution in [2.45, 2.75) is 0 Å². The van der Waals surface area contributed by atoms with Crippen molar-refractivity contribution >= 4 is 18.8 Å². The molecule has 21 heavy (non-hydrogen) atoms.